The highest BCUT2D eigenvalue weighted by Gasteiger charge is 2.34. The van der Waals surface area contributed by atoms with Crippen LogP contribution in [0.25, 0.3) is 0 Å². The van der Waals surface area contributed by atoms with E-state index < -0.39 is 17.6 Å². The van der Waals surface area contributed by atoms with Gasteiger partial charge < -0.3 is 10.2 Å². The Labute approximate surface area is 143 Å². The molecule has 5 nitrogen and oxygen atoms in total. The highest BCUT2D eigenvalue weighted by atomic mass is 35.5. The number of amides is 2. The lowest BCUT2D eigenvalue weighted by molar-refractivity contribution is -0.128. The first kappa shape index (κ1) is 16.4. The quantitative estimate of drug-likeness (QED) is 0.925. The van der Waals surface area contributed by atoms with Crippen LogP contribution in [0.5, 0.6) is 0 Å². The van der Waals surface area contributed by atoms with Gasteiger partial charge in [-0.3, -0.25) is 14.6 Å². The van der Waals surface area contributed by atoms with Gasteiger partial charge >= 0.3 is 0 Å². The molecule has 1 N–H and O–H groups in total. The van der Waals surface area contributed by atoms with Crippen molar-refractivity contribution in [1.82, 2.24) is 9.88 Å². The standard InChI is InChI=1S/C17H15ClFN3O2/c18-13-5-3-6-14(16(13)19)21-17(24)11-8-15(23)22(9-11)10-12-4-1-2-7-20-12/h1-7,11H,8-10H2,(H,21,24). The molecule has 0 radical (unpaired) electrons. The number of anilines is 1. The molecule has 2 heterocycles. The molecule has 0 aliphatic carbocycles. The molecule has 0 spiro atoms. The predicted octanol–water partition coefficient (Wildman–Crippen LogP) is 2.86. The fourth-order valence-electron chi connectivity index (χ4n) is 2.62. The maximum Gasteiger partial charge on any atom is 0.229 e. The number of nitrogens with zero attached hydrogens (tertiary/aromatic N) is 2. The summed E-state index contributed by atoms with van der Waals surface area (Å²) in [5.41, 5.74) is 0.774. The molecule has 124 valence electrons. The van der Waals surface area contributed by atoms with Crippen molar-refractivity contribution in [2.24, 2.45) is 5.92 Å². The van der Waals surface area contributed by atoms with Crippen molar-refractivity contribution in [3.05, 3.63) is 59.1 Å². The van der Waals surface area contributed by atoms with Crippen LogP contribution in [0.4, 0.5) is 10.1 Å². The third kappa shape index (κ3) is 3.54. The topological polar surface area (TPSA) is 62.3 Å². The van der Waals surface area contributed by atoms with Crippen LogP contribution in [0.2, 0.25) is 5.02 Å². The van der Waals surface area contributed by atoms with Gasteiger partial charge in [0, 0.05) is 19.2 Å². The van der Waals surface area contributed by atoms with Crippen molar-refractivity contribution in [2.45, 2.75) is 13.0 Å². The third-order valence-corrected chi connectivity index (χ3v) is 4.17. The first-order valence-corrected chi connectivity index (χ1v) is 7.85. The molecule has 1 saturated heterocycles. The number of likely N-dealkylation sites (tertiary alicyclic amines) is 1. The summed E-state index contributed by atoms with van der Waals surface area (Å²) in [6, 6.07) is 9.85. The normalized spacial score (nSPS) is 17.2. The van der Waals surface area contributed by atoms with E-state index in [0.29, 0.717) is 6.54 Å². The summed E-state index contributed by atoms with van der Waals surface area (Å²) in [6.45, 7) is 0.637. The number of benzene rings is 1. The Kier molecular flexibility index (Phi) is 4.76. The smallest absolute Gasteiger partial charge is 0.229 e. The zero-order chi connectivity index (χ0) is 17.1. The Morgan fingerprint density at radius 3 is 2.92 bits per heavy atom. The van der Waals surface area contributed by atoms with Gasteiger partial charge in [-0.2, -0.15) is 0 Å². The number of carbonyl (C=O) groups is 2. The van der Waals surface area contributed by atoms with Gasteiger partial charge in [-0.1, -0.05) is 23.7 Å². The Balaban J connectivity index is 1.64. The Hall–Kier alpha value is -2.47. The summed E-state index contributed by atoms with van der Waals surface area (Å²) in [4.78, 5) is 30.2. The summed E-state index contributed by atoms with van der Waals surface area (Å²) < 4.78 is 13.9. The molecular weight excluding hydrogens is 333 g/mol. The van der Waals surface area contributed by atoms with Gasteiger partial charge in [-0.05, 0) is 24.3 Å². The van der Waals surface area contributed by atoms with Gasteiger partial charge in [0.15, 0.2) is 5.82 Å². The van der Waals surface area contributed by atoms with E-state index in [1.165, 1.54) is 12.1 Å². The van der Waals surface area contributed by atoms with Gasteiger partial charge in [0.25, 0.3) is 0 Å². The number of nitrogens with one attached hydrogen (secondary N) is 1. The summed E-state index contributed by atoms with van der Waals surface area (Å²) in [7, 11) is 0. The van der Waals surface area contributed by atoms with Crippen LogP contribution in [0.1, 0.15) is 12.1 Å². The molecular formula is C17H15ClFN3O2. The van der Waals surface area contributed by atoms with Crippen LogP contribution in [0.3, 0.4) is 0 Å². The molecule has 2 amide bonds. The predicted molar refractivity (Wildman–Crippen MR) is 87.8 cm³/mol. The maximum atomic E-state index is 13.9. The van der Waals surface area contributed by atoms with E-state index in [-0.39, 0.29) is 29.6 Å². The second-order valence-corrected chi connectivity index (χ2v) is 5.99. The number of hydrogen-bond donors (Lipinski definition) is 1. The molecule has 1 atom stereocenters. The van der Waals surface area contributed by atoms with Crippen molar-refractivity contribution in [3.8, 4) is 0 Å². The van der Waals surface area contributed by atoms with Crippen LogP contribution in [-0.2, 0) is 16.1 Å². The van der Waals surface area contributed by atoms with E-state index in [1.54, 1.807) is 23.2 Å². The monoisotopic (exact) mass is 347 g/mol. The van der Waals surface area contributed by atoms with E-state index >= 15 is 0 Å². The van der Waals surface area contributed by atoms with Crippen molar-refractivity contribution in [3.63, 3.8) is 0 Å². The Morgan fingerprint density at radius 2 is 2.17 bits per heavy atom. The molecule has 2 aromatic rings. The lowest BCUT2D eigenvalue weighted by atomic mass is 10.1. The third-order valence-electron chi connectivity index (χ3n) is 3.87. The largest absolute Gasteiger partial charge is 0.336 e. The Morgan fingerprint density at radius 1 is 1.33 bits per heavy atom. The van der Waals surface area contributed by atoms with Gasteiger partial charge in [0.1, 0.15) is 0 Å². The minimum Gasteiger partial charge on any atom is -0.336 e. The SMILES string of the molecule is O=C(Nc1cccc(Cl)c1F)C1CC(=O)N(Cc2ccccn2)C1. The van der Waals surface area contributed by atoms with Crippen LogP contribution in [0.15, 0.2) is 42.6 Å². The number of halogens is 2. The number of aromatic nitrogens is 1. The summed E-state index contributed by atoms with van der Waals surface area (Å²) >= 11 is 5.70. The fraction of sp³-hybridized carbons (Fsp3) is 0.235. The van der Waals surface area contributed by atoms with Crippen molar-refractivity contribution < 1.29 is 14.0 Å². The van der Waals surface area contributed by atoms with Crippen LogP contribution < -0.4 is 5.32 Å². The number of carbonyl (C=O) groups excluding carboxylic acids is 2. The number of hydrogen-bond acceptors (Lipinski definition) is 3. The number of rotatable bonds is 4. The first-order valence-electron chi connectivity index (χ1n) is 7.47. The average Bonchev–Trinajstić information content (AvgIpc) is 2.94. The van der Waals surface area contributed by atoms with Crippen molar-refractivity contribution in [2.75, 3.05) is 11.9 Å². The minimum atomic E-state index is -0.679. The highest BCUT2D eigenvalue weighted by molar-refractivity contribution is 6.31. The van der Waals surface area contributed by atoms with Crippen molar-refractivity contribution in [1.29, 1.82) is 0 Å². The van der Waals surface area contributed by atoms with Gasteiger partial charge in [-0.25, -0.2) is 4.39 Å². The summed E-state index contributed by atoms with van der Waals surface area (Å²) in [5, 5.41) is 2.44. The van der Waals surface area contributed by atoms with Crippen LogP contribution in [0, 0.1) is 11.7 Å². The highest BCUT2D eigenvalue weighted by Crippen LogP contribution is 2.25. The average molecular weight is 348 g/mol. The molecule has 0 bridgehead atoms. The zero-order valence-corrected chi connectivity index (χ0v) is 13.5. The van der Waals surface area contributed by atoms with E-state index in [2.05, 4.69) is 10.3 Å². The molecule has 1 aromatic heterocycles. The molecule has 7 heteroatoms. The van der Waals surface area contributed by atoms with E-state index in [0.717, 1.165) is 5.69 Å². The minimum absolute atomic E-state index is 0.0168. The van der Waals surface area contributed by atoms with Crippen molar-refractivity contribution >= 4 is 29.1 Å². The van der Waals surface area contributed by atoms with Crippen LogP contribution >= 0.6 is 11.6 Å². The van der Waals surface area contributed by atoms with Crippen LogP contribution in [-0.4, -0.2) is 28.2 Å². The van der Waals surface area contributed by atoms with E-state index in [9.17, 15) is 14.0 Å². The molecule has 3 rings (SSSR count). The molecule has 24 heavy (non-hydrogen) atoms. The maximum absolute atomic E-state index is 13.9. The van der Waals surface area contributed by atoms with E-state index in [1.807, 2.05) is 12.1 Å². The van der Waals surface area contributed by atoms with Gasteiger partial charge in [0.2, 0.25) is 11.8 Å². The Bertz CT molecular complexity index is 770. The van der Waals surface area contributed by atoms with E-state index in [4.69, 9.17) is 11.6 Å². The molecule has 1 aromatic carbocycles. The lowest BCUT2D eigenvalue weighted by Gasteiger charge is -2.16. The molecule has 0 saturated carbocycles. The molecule has 1 fully saturated rings. The molecule has 1 aliphatic heterocycles. The van der Waals surface area contributed by atoms with Gasteiger partial charge in [0.05, 0.1) is 28.9 Å². The molecule has 1 aliphatic rings. The number of pyridine rings is 1. The van der Waals surface area contributed by atoms with Gasteiger partial charge in [-0.15, -0.1) is 0 Å². The zero-order valence-electron chi connectivity index (χ0n) is 12.7. The summed E-state index contributed by atoms with van der Waals surface area (Å²) in [5.74, 6) is -1.72. The molecule has 1 unspecified atom stereocenters. The second kappa shape index (κ2) is 6.97. The fourth-order valence-corrected chi connectivity index (χ4v) is 2.80. The lowest BCUT2D eigenvalue weighted by Crippen LogP contribution is -2.28. The first-order chi connectivity index (χ1) is 11.5. The second-order valence-electron chi connectivity index (χ2n) is 5.59. The summed E-state index contributed by atoms with van der Waals surface area (Å²) in [6.07, 6.45) is 1.75.